The molecular weight excluding hydrogens is 1770 g/mol. The quantitative estimate of drug-likeness (QED) is 0.00367. The van der Waals surface area contributed by atoms with Crippen molar-refractivity contribution in [3.8, 4) is 51.7 Å². The molecule has 3 heterocycles. The number of esters is 1. The average molecular weight is 1870 g/mol. The monoisotopic (exact) mass is 1870 g/mol. The predicted molar refractivity (Wildman–Crippen MR) is 464 cm³/mol. The number of nitrogens with zero attached hydrogens (tertiary/aromatic N) is 7. The fourth-order valence-corrected chi connectivity index (χ4v) is 9.69. The van der Waals surface area contributed by atoms with Crippen molar-refractivity contribution in [2.75, 3.05) is 25.7 Å². The minimum absolute atomic E-state index is 0. The molecule has 122 heavy (non-hydrogen) atoms. The van der Waals surface area contributed by atoms with Crippen molar-refractivity contribution in [2.45, 2.75) is 152 Å². The number of rotatable bonds is 21. The van der Waals surface area contributed by atoms with Crippen molar-refractivity contribution in [2.24, 2.45) is 11.5 Å². The van der Waals surface area contributed by atoms with Crippen LogP contribution in [0.3, 0.4) is 0 Å². The molecule has 10 rings (SSSR count). The van der Waals surface area contributed by atoms with Crippen LogP contribution in [-0.4, -0.2) is 155 Å². The fraction of sp³-hybridized carbons (Fsp3) is 0.316. The second kappa shape index (κ2) is 54.7. The number of fused-ring (bicyclic) bond motifs is 2. The van der Waals surface area contributed by atoms with E-state index in [0.717, 1.165) is 62.4 Å². The molecule has 0 atom stereocenters. The van der Waals surface area contributed by atoms with Gasteiger partial charge < -0.3 is 96.3 Å². The maximum atomic E-state index is 11.7. The number of phenols is 1. The zero-order valence-electron chi connectivity index (χ0n) is 69.1. The number of halogens is 3. The van der Waals surface area contributed by atoms with Gasteiger partial charge in [-0.2, -0.15) is 0 Å². The van der Waals surface area contributed by atoms with E-state index < -0.39 is 72.9 Å². The molecule has 0 aliphatic heterocycles. The Kier molecular flexibility index (Phi) is 50.1. The molecular formula is C79H99Cl2IN13NaO26. The van der Waals surface area contributed by atoms with Gasteiger partial charge in [0, 0.05) is 39.3 Å². The summed E-state index contributed by atoms with van der Waals surface area (Å²) in [6.45, 7) is 28.3. The Hall–Kier alpha value is -12.4. The molecule has 0 bridgehead atoms. The van der Waals surface area contributed by atoms with Crippen LogP contribution in [0, 0.1) is 37.3 Å². The van der Waals surface area contributed by atoms with Crippen molar-refractivity contribution in [1.29, 1.82) is 0 Å². The number of carbonyl (C=O) groups is 5. The van der Waals surface area contributed by atoms with Gasteiger partial charge in [-0.1, -0.05) is 55.5 Å². The van der Waals surface area contributed by atoms with Crippen LogP contribution in [0.4, 0.5) is 33.4 Å². The molecule has 0 aliphatic rings. The van der Waals surface area contributed by atoms with Crippen LogP contribution in [-0.2, 0) is 4.74 Å². The number of nitrogen functional groups attached to an aromatic ring is 2. The second-order valence-electron chi connectivity index (χ2n) is 26.0. The topological polar surface area (TPSA) is 613 Å². The Morgan fingerprint density at radius 2 is 0.934 bits per heavy atom. The van der Waals surface area contributed by atoms with Gasteiger partial charge in [0.05, 0.1) is 118 Å². The summed E-state index contributed by atoms with van der Waals surface area (Å²) in [4.78, 5) is 121. The summed E-state index contributed by atoms with van der Waals surface area (Å²) in [5.41, 5.74) is 19.9. The molecule has 10 aromatic rings. The number of nitrogens with two attached hydrogens (primary N) is 4. The Morgan fingerprint density at radius 3 is 1.34 bits per heavy atom. The van der Waals surface area contributed by atoms with Crippen LogP contribution in [0.5, 0.6) is 46.0 Å². The zero-order valence-corrected chi connectivity index (χ0v) is 74.8. The number of imidazole rings is 1. The minimum atomic E-state index is -1.40. The number of methoxy groups -OCH3 is 2. The minimum Gasteiger partial charge on any atom is -0.870 e. The number of urea groups is 1. The first-order chi connectivity index (χ1) is 55.5. The number of amides is 2. The van der Waals surface area contributed by atoms with E-state index in [0.29, 0.717) is 50.4 Å². The van der Waals surface area contributed by atoms with Gasteiger partial charge >= 0.3 is 65.2 Å². The van der Waals surface area contributed by atoms with Gasteiger partial charge in [0.25, 0.3) is 22.6 Å². The van der Waals surface area contributed by atoms with Gasteiger partial charge in [-0.05, 0) is 186 Å². The van der Waals surface area contributed by atoms with E-state index >= 15 is 0 Å². The number of carboxylic acid groups (broad SMARTS) is 3. The summed E-state index contributed by atoms with van der Waals surface area (Å²) in [5, 5.41) is 68.5. The molecule has 0 aliphatic carbocycles. The molecule has 3 aromatic heterocycles. The molecule has 0 saturated heterocycles. The zero-order chi connectivity index (χ0) is 90.6. The number of benzene rings is 7. The molecule has 43 heteroatoms. The number of phenolic OH excluding ortho intramolecular Hbond substituents is 1. The number of nitrogens with one attached hydrogen (secondary N) is 2. The molecule has 2 amide bonds. The summed E-state index contributed by atoms with van der Waals surface area (Å²) < 4.78 is 45.2. The molecule has 0 fully saturated rings. The maximum absolute atomic E-state index is 11.7. The smallest absolute Gasteiger partial charge is 0.870 e. The normalized spacial score (nSPS) is 9.99. The van der Waals surface area contributed by atoms with E-state index in [2.05, 4.69) is 72.8 Å². The van der Waals surface area contributed by atoms with Crippen molar-refractivity contribution < 1.29 is 132 Å². The number of ether oxygens (including phenoxy) is 8. The third-order valence-electron chi connectivity index (χ3n) is 13.5. The maximum Gasteiger partial charge on any atom is 1.00 e. The number of alkyl halides is 1. The molecule has 0 saturated carbocycles. The first-order valence-corrected chi connectivity index (χ1v) is 37.3. The number of anilines is 2. The predicted octanol–water partition coefficient (Wildman–Crippen LogP) is 12.6. The van der Waals surface area contributed by atoms with Gasteiger partial charge in [-0.15, -0.1) is 0 Å². The number of carbonyl (C=O) groups excluding carboxylic acids is 2. The largest absolute Gasteiger partial charge is 1.00 e. The van der Waals surface area contributed by atoms with Gasteiger partial charge in [0.15, 0.2) is 11.5 Å². The van der Waals surface area contributed by atoms with Gasteiger partial charge in [-0.25, -0.2) is 43.7 Å². The third kappa shape index (κ3) is 40.1. The van der Waals surface area contributed by atoms with Gasteiger partial charge in [-0.3, -0.25) is 40.1 Å². The number of nitro groups is 3. The van der Waals surface area contributed by atoms with Crippen molar-refractivity contribution in [3.05, 3.63) is 223 Å². The van der Waals surface area contributed by atoms with E-state index in [9.17, 15) is 59.1 Å². The molecule has 15 N–H and O–H groups in total. The van der Waals surface area contributed by atoms with E-state index in [-0.39, 0.29) is 124 Å². The molecule has 0 spiro atoms. The number of H-pyrrole nitrogens is 2. The molecule has 0 radical (unpaired) electrons. The van der Waals surface area contributed by atoms with Crippen LogP contribution >= 0.6 is 45.8 Å². The number of carboxylic acids is 3. The number of aromatic amines is 2. The van der Waals surface area contributed by atoms with Crippen LogP contribution in [0.25, 0.3) is 27.5 Å². The number of aromatic hydroxyl groups is 1. The average Bonchev–Trinajstić information content (AvgIpc) is 0.844. The summed E-state index contributed by atoms with van der Waals surface area (Å²) >= 11 is 14.0. The summed E-state index contributed by atoms with van der Waals surface area (Å²) in [7, 11) is 3.24. The van der Waals surface area contributed by atoms with Gasteiger partial charge in [0.1, 0.15) is 68.5 Å². The second-order valence-corrected chi connectivity index (χ2v) is 29.2. The molecule has 658 valence electrons. The van der Waals surface area contributed by atoms with E-state index in [1.165, 1.54) is 36.4 Å². The Morgan fingerprint density at radius 1 is 0.541 bits per heavy atom. The van der Waals surface area contributed by atoms with Crippen molar-refractivity contribution in [1.82, 2.24) is 29.5 Å². The summed E-state index contributed by atoms with van der Waals surface area (Å²) in [6, 6.07) is 28.7. The van der Waals surface area contributed by atoms with E-state index in [4.69, 9.17) is 97.8 Å². The van der Waals surface area contributed by atoms with Crippen LogP contribution in [0.15, 0.2) is 143 Å². The summed E-state index contributed by atoms with van der Waals surface area (Å²) in [5.74, 6) is -0.298. The van der Waals surface area contributed by atoms with Gasteiger partial charge in [0.2, 0.25) is 5.28 Å². The summed E-state index contributed by atoms with van der Waals surface area (Å²) in [6.07, 6.45) is 3.06. The first kappa shape index (κ1) is 112. The van der Waals surface area contributed by atoms with Crippen molar-refractivity contribution in [3.63, 3.8) is 0 Å². The Bertz CT molecular complexity index is 5260. The van der Waals surface area contributed by atoms with E-state index in [1.807, 2.05) is 91.1 Å². The molecule has 7 aromatic carbocycles. The SMILES string of the molecule is C.CC(C)I.CC(C)OC(=O)c1ccc(OC(C)C)cc1[N+](=O)[O-].CC(C)Oc1ccc(C(=O)O)c(N)c1.CC(C)Oc1ccc(C(=O)O)c([N+](=O)[O-])c1.CC(C)Oc1ccc2c(=O)[nH]c(=O)[nH]c2c1.CC(C)Oc1ccc2c(Cl)nc(Cl)nc2c1.COc1cc(-n2cnc(N)c2)cc(C)c1OC.NC(N)=O.O=C(O)c1ccc(O)cc1[N+](=O)[O-].[Na+].[OH-]. The number of aromatic nitrogens is 6. The number of nitro benzene ring substituents is 3. The third-order valence-corrected chi connectivity index (χ3v) is 14.0. The number of hydrogen-bond acceptors (Lipinski definition) is 28. The first-order valence-electron chi connectivity index (χ1n) is 35.3. The number of primary amides is 2. The Balaban J connectivity index is 0. The Labute approximate surface area is 746 Å². The molecule has 39 nitrogen and oxygen atoms in total. The standard InChI is InChI=1S/C13H17NO5.C12H15N3O2.C11H10Cl2N2O.C11H12N2O3.C10H11NO5.C10H13NO3.C7H5NO5.C3H7I.CH4N2O.CH4.Na.H2O/c1-8(2)18-10-5-6-11(12(7-10)14(16)17)13(15)19-9(3)4;1-8-4-9(15-6-11(13)14-7-15)5-10(16-2)12(8)17-3;1-6(2)16-7-3-4-8-9(5-7)14-11(13)15-10(8)12;1-6(2)16-7-3-4-8-9(5-7)12-11(15)13-10(8)14;1-6(2)16-7-3-4-8(10(12)13)9(5-7)11(14)15;1-6(2)14-7-3-4-8(10(12)13)9(11)5-7;9-4-1-2-5(7(10)11)6(3-4)8(12)13;1-3(2)4;2-1(3)4;;;/h5-9H,1-4H3;4-7H,13H2,1-3H3;3-6H,1-2H3;3-6H,1-2H3,(H2,12,13,14,15);3-6H,1-2H3,(H,12,13);3-6H,11H2,1-2H3,(H,12,13);1-3,9H,(H,10,11);3H,1-2H3;(H4,2,3,4);1H4;;1H2/q;;;;;;;;;;+1;/p-1. The van der Waals surface area contributed by atoms with E-state index in [1.54, 1.807) is 84.8 Å². The molecule has 0 unspecified atom stereocenters. The number of aromatic carboxylic acids is 3. The van der Waals surface area contributed by atoms with Crippen LogP contribution in [0.1, 0.15) is 151 Å². The number of aryl methyl sites for hydroxylation is 1. The number of hydrogen-bond donors (Lipinski definition) is 10. The van der Waals surface area contributed by atoms with Crippen LogP contribution in [0.2, 0.25) is 10.4 Å². The fourth-order valence-electron chi connectivity index (χ4n) is 9.23. The van der Waals surface area contributed by atoms with Crippen molar-refractivity contribution >= 4 is 126 Å². The van der Waals surface area contributed by atoms with Crippen LogP contribution < -0.4 is 96.9 Å².